The maximum Gasteiger partial charge on any atom is 0.516 e. The average molecular weight is 453 g/mol. The predicted octanol–water partition coefficient (Wildman–Crippen LogP) is 2.73. The van der Waals surface area contributed by atoms with E-state index in [1.54, 1.807) is 13.8 Å². The number of carbonyl (C=O) groups is 2. The van der Waals surface area contributed by atoms with E-state index in [-0.39, 0.29) is 28.6 Å². The Bertz CT molecular complexity index is 918. The first-order valence-corrected chi connectivity index (χ1v) is 10.1. The van der Waals surface area contributed by atoms with Gasteiger partial charge >= 0.3 is 27.7 Å². The Labute approximate surface area is 172 Å². The van der Waals surface area contributed by atoms with Crippen LogP contribution in [0.4, 0.5) is 28.4 Å². The zero-order chi connectivity index (χ0) is 22.9. The summed E-state index contributed by atoms with van der Waals surface area (Å²) in [7, 11) is -3.32. The standard InChI is InChI=1S/C17H22F3N3O6S/c1-16(2)10-22(15(25)29-16)9-12-7-5-6-8-13(12)23(11-28-14(24)21(3)4)30(26,27)17(18,19)20/h5-8H,9-11H2,1-4H3. The van der Waals surface area contributed by atoms with Crippen LogP contribution in [-0.4, -0.2) is 68.9 Å². The SMILES string of the molecule is CN(C)C(=O)OCN(c1ccccc1CN1CC(C)(C)OC1=O)S(=O)(=O)C(F)(F)F. The summed E-state index contributed by atoms with van der Waals surface area (Å²) in [6.45, 7) is 2.08. The van der Waals surface area contributed by atoms with Gasteiger partial charge in [0.25, 0.3) is 0 Å². The molecule has 0 aliphatic carbocycles. The van der Waals surface area contributed by atoms with Crippen LogP contribution >= 0.6 is 0 Å². The Kier molecular flexibility index (Phi) is 6.45. The minimum absolute atomic E-state index is 0.0454. The van der Waals surface area contributed by atoms with Crippen molar-refractivity contribution in [1.82, 2.24) is 9.80 Å². The van der Waals surface area contributed by atoms with Crippen LogP contribution in [0.3, 0.4) is 0 Å². The molecule has 0 unspecified atom stereocenters. The summed E-state index contributed by atoms with van der Waals surface area (Å²) >= 11 is 0. The molecular weight excluding hydrogens is 431 g/mol. The maximum atomic E-state index is 13.3. The van der Waals surface area contributed by atoms with Crippen LogP contribution in [0.1, 0.15) is 19.4 Å². The molecule has 1 saturated heterocycles. The Balaban J connectivity index is 2.44. The van der Waals surface area contributed by atoms with Crippen LogP contribution in [0.2, 0.25) is 0 Å². The van der Waals surface area contributed by atoms with Crippen LogP contribution in [0, 0.1) is 0 Å². The summed E-state index contributed by atoms with van der Waals surface area (Å²) < 4.78 is 74.1. The molecule has 1 fully saturated rings. The molecule has 0 N–H and O–H groups in total. The van der Waals surface area contributed by atoms with E-state index in [9.17, 15) is 31.2 Å². The van der Waals surface area contributed by atoms with Crippen LogP contribution < -0.4 is 4.31 Å². The van der Waals surface area contributed by atoms with E-state index in [0.717, 1.165) is 11.0 Å². The number of alkyl halides is 3. The number of hydrogen-bond donors (Lipinski definition) is 0. The molecule has 168 valence electrons. The van der Waals surface area contributed by atoms with Crippen molar-refractivity contribution in [3.05, 3.63) is 29.8 Å². The minimum atomic E-state index is -5.90. The highest BCUT2D eigenvalue weighted by Gasteiger charge is 2.51. The summed E-state index contributed by atoms with van der Waals surface area (Å²) in [4.78, 5) is 25.9. The molecule has 13 heteroatoms. The maximum absolute atomic E-state index is 13.3. The zero-order valence-electron chi connectivity index (χ0n) is 16.8. The van der Waals surface area contributed by atoms with Gasteiger partial charge < -0.3 is 14.4 Å². The normalized spacial score (nSPS) is 16.2. The molecular formula is C17H22F3N3O6S. The van der Waals surface area contributed by atoms with Crippen molar-refractivity contribution in [3.8, 4) is 0 Å². The topological polar surface area (TPSA) is 96.5 Å². The molecule has 1 aliphatic heterocycles. The average Bonchev–Trinajstić information content (AvgIpc) is 2.86. The highest BCUT2D eigenvalue weighted by atomic mass is 32.2. The third-order valence-corrected chi connectivity index (χ3v) is 5.54. The van der Waals surface area contributed by atoms with E-state index in [0.29, 0.717) is 0 Å². The summed E-state index contributed by atoms with van der Waals surface area (Å²) in [5.41, 5.74) is -6.72. The Hall–Kier alpha value is -2.70. The van der Waals surface area contributed by atoms with Gasteiger partial charge in [-0.25, -0.2) is 13.9 Å². The number of amides is 2. The smallest absolute Gasteiger partial charge is 0.441 e. The lowest BCUT2D eigenvalue weighted by atomic mass is 10.1. The molecule has 1 aliphatic rings. The van der Waals surface area contributed by atoms with Crippen LogP contribution in [0.15, 0.2) is 24.3 Å². The zero-order valence-corrected chi connectivity index (χ0v) is 17.6. The first kappa shape index (κ1) is 23.6. The minimum Gasteiger partial charge on any atom is -0.441 e. The number of cyclic esters (lactones) is 1. The van der Waals surface area contributed by atoms with Crippen LogP contribution in [-0.2, 0) is 26.0 Å². The molecule has 2 rings (SSSR count). The van der Waals surface area contributed by atoms with Gasteiger partial charge in [0, 0.05) is 14.1 Å². The van der Waals surface area contributed by atoms with Gasteiger partial charge in [-0.2, -0.15) is 21.6 Å². The first-order chi connectivity index (χ1) is 13.7. The largest absolute Gasteiger partial charge is 0.516 e. The van der Waals surface area contributed by atoms with Crippen molar-refractivity contribution >= 4 is 27.9 Å². The van der Waals surface area contributed by atoms with E-state index in [1.807, 2.05) is 0 Å². The van der Waals surface area contributed by atoms with Crippen molar-refractivity contribution in [2.45, 2.75) is 31.5 Å². The van der Waals surface area contributed by atoms with Gasteiger partial charge in [0.15, 0.2) is 6.73 Å². The number of nitrogens with zero attached hydrogens (tertiary/aromatic N) is 3. The second kappa shape index (κ2) is 8.20. The van der Waals surface area contributed by atoms with Gasteiger partial charge in [0.2, 0.25) is 0 Å². The number of carbonyl (C=O) groups excluding carboxylic acids is 2. The van der Waals surface area contributed by atoms with Crippen molar-refractivity contribution < 1.29 is 40.7 Å². The van der Waals surface area contributed by atoms with Gasteiger partial charge in [-0.15, -0.1) is 0 Å². The number of rotatable bonds is 6. The highest BCUT2D eigenvalue weighted by molar-refractivity contribution is 7.93. The lowest BCUT2D eigenvalue weighted by molar-refractivity contribution is -0.0443. The molecule has 0 spiro atoms. The Morgan fingerprint density at radius 2 is 1.87 bits per heavy atom. The fourth-order valence-corrected chi connectivity index (χ4v) is 3.59. The van der Waals surface area contributed by atoms with E-state index in [4.69, 9.17) is 9.47 Å². The lowest BCUT2D eigenvalue weighted by Gasteiger charge is -2.28. The molecule has 30 heavy (non-hydrogen) atoms. The molecule has 0 radical (unpaired) electrons. The van der Waals surface area contributed by atoms with E-state index in [2.05, 4.69) is 0 Å². The van der Waals surface area contributed by atoms with Gasteiger partial charge in [-0.05, 0) is 25.5 Å². The molecule has 1 aromatic carbocycles. The third kappa shape index (κ3) is 5.07. The van der Waals surface area contributed by atoms with Crippen LogP contribution in [0.25, 0.3) is 0 Å². The summed E-state index contributed by atoms with van der Waals surface area (Å²) in [6, 6.07) is 5.32. The molecule has 0 bridgehead atoms. The number of ether oxygens (including phenoxy) is 2. The van der Waals surface area contributed by atoms with Crippen molar-refractivity contribution in [1.29, 1.82) is 0 Å². The van der Waals surface area contributed by atoms with Crippen molar-refractivity contribution in [3.63, 3.8) is 0 Å². The Morgan fingerprint density at radius 3 is 2.37 bits per heavy atom. The monoisotopic (exact) mass is 453 g/mol. The fraction of sp³-hybridized carbons (Fsp3) is 0.529. The molecule has 2 amide bonds. The van der Waals surface area contributed by atoms with Gasteiger partial charge in [-0.3, -0.25) is 4.90 Å². The summed E-state index contributed by atoms with van der Waals surface area (Å²) in [5, 5.41) is 0. The predicted molar refractivity (Wildman–Crippen MR) is 99.9 cm³/mol. The van der Waals surface area contributed by atoms with E-state index in [1.165, 1.54) is 37.2 Å². The number of anilines is 1. The van der Waals surface area contributed by atoms with Crippen LogP contribution in [0.5, 0.6) is 0 Å². The number of benzene rings is 1. The first-order valence-electron chi connectivity index (χ1n) is 8.64. The van der Waals surface area contributed by atoms with Gasteiger partial charge in [0.1, 0.15) is 5.60 Å². The molecule has 9 nitrogen and oxygen atoms in total. The second-order valence-corrected chi connectivity index (χ2v) is 9.20. The molecule has 0 atom stereocenters. The lowest BCUT2D eigenvalue weighted by Crippen LogP contribution is -2.44. The molecule has 1 heterocycles. The summed E-state index contributed by atoms with van der Waals surface area (Å²) in [5.74, 6) is 0. The van der Waals surface area contributed by atoms with Crippen molar-refractivity contribution in [2.24, 2.45) is 0 Å². The molecule has 0 aromatic heterocycles. The quantitative estimate of drug-likeness (QED) is 0.615. The Morgan fingerprint density at radius 1 is 1.27 bits per heavy atom. The fourth-order valence-electron chi connectivity index (χ4n) is 2.71. The highest BCUT2D eigenvalue weighted by Crippen LogP contribution is 2.34. The molecule has 1 aromatic rings. The second-order valence-electron chi connectivity index (χ2n) is 7.35. The number of para-hydroxylation sites is 1. The van der Waals surface area contributed by atoms with Gasteiger partial charge in [0.05, 0.1) is 18.8 Å². The van der Waals surface area contributed by atoms with Gasteiger partial charge in [-0.1, -0.05) is 18.2 Å². The van der Waals surface area contributed by atoms with E-state index >= 15 is 0 Å². The number of sulfonamides is 1. The number of hydrogen-bond acceptors (Lipinski definition) is 6. The third-order valence-electron chi connectivity index (χ3n) is 4.07. The van der Waals surface area contributed by atoms with E-state index < -0.39 is 40.0 Å². The molecule has 0 saturated carbocycles. The number of halogens is 3. The van der Waals surface area contributed by atoms with Crippen molar-refractivity contribution in [2.75, 3.05) is 31.7 Å². The summed E-state index contributed by atoms with van der Waals surface area (Å²) in [6.07, 6.45) is -1.71.